The van der Waals surface area contributed by atoms with Crippen LogP contribution >= 0.6 is 0 Å². The van der Waals surface area contributed by atoms with E-state index in [1.165, 1.54) is 20.3 Å². The average molecular weight is 402 g/mol. The summed E-state index contributed by atoms with van der Waals surface area (Å²) in [7, 11) is 3.02. The molecule has 0 aliphatic heterocycles. The van der Waals surface area contributed by atoms with E-state index in [1.807, 2.05) is 31.2 Å². The second kappa shape index (κ2) is 9.56. The molecule has 3 aromatic rings. The molecule has 0 fully saturated rings. The van der Waals surface area contributed by atoms with Gasteiger partial charge in [0.2, 0.25) is 0 Å². The van der Waals surface area contributed by atoms with Crippen LogP contribution in [0.3, 0.4) is 0 Å². The topological polar surface area (TPSA) is 61.8 Å². The molecule has 0 radical (unpaired) electrons. The zero-order valence-electron chi connectivity index (χ0n) is 17.0. The molecule has 0 amide bonds. The molecule has 30 heavy (non-hydrogen) atoms. The lowest BCUT2D eigenvalue weighted by molar-refractivity contribution is 0.0734. The monoisotopic (exact) mass is 402 g/mol. The number of ether oxygens (including phenoxy) is 3. The molecule has 0 N–H and O–H groups in total. The van der Waals surface area contributed by atoms with E-state index in [-0.39, 0.29) is 5.78 Å². The van der Waals surface area contributed by atoms with Crippen LogP contribution < -0.4 is 14.2 Å². The molecule has 0 bridgehead atoms. The second-order valence-electron chi connectivity index (χ2n) is 6.59. The van der Waals surface area contributed by atoms with E-state index >= 15 is 0 Å². The number of allylic oxidation sites excluding steroid dienone is 1. The van der Waals surface area contributed by atoms with Gasteiger partial charge in [0.1, 0.15) is 5.75 Å². The molecule has 5 heteroatoms. The number of carbonyl (C=O) groups is 2. The van der Waals surface area contributed by atoms with Crippen molar-refractivity contribution in [3.63, 3.8) is 0 Å². The highest BCUT2D eigenvalue weighted by molar-refractivity contribution is 6.06. The smallest absolute Gasteiger partial charge is 0.343 e. The SMILES string of the molecule is COc1ccc(C(=O)Oc2ccc(C(=O)C=Cc3ccc(C)cc3)cc2)cc1OC. The maximum atomic E-state index is 12.4. The molecule has 152 valence electrons. The Kier molecular flexibility index (Phi) is 6.65. The Morgan fingerprint density at radius 3 is 2.03 bits per heavy atom. The summed E-state index contributed by atoms with van der Waals surface area (Å²) in [6.45, 7) is 2.01. The molecule has 3 rings (SSSR count). The lowest BCUT2D eigenvalue weighted by atomic mass is 10.1. The maximum absolute atomic E-state index is 12.4. The largest absolute Gasteiger partial charge is 0.493 e. The van der Waals surface area contributed by atoms with E-state index in [4.69, 9.17) is 14.2 Å². The molecule has 0 heterocycles. The van der Waals surface area contributed by atoms with Crippen molar-refractivity contribution in [2.24, 2.45) is 0 Å². The van der Waals surface area contributed by atoms with Gasteiger partial charge in [0.05, 0.1) is 19.8 Å². The lowest BCUT2D eigenvalue weighted by Gasteiger charge is -2.09. The minimum Gasteiger partial charge on any atom is -0.493 e. The van der Waals surface area contributed by atoms with Crippen molar-refractivity contribution in [3.05, 3.63) is 95.1 Å². The van der Waals surface area contributed by atoms with Crippen molar-refractivity contribution >= 4 is 17.8 Å². The van der Waals surface area contributed by atoms with Crippen molar-refractivity contribution in [2.45, 2.75) is 6.92 Å². The molecule has 5 nitrogen and oxygen atoms in total. The number of ketones is 1. The van der Waals surface area contributed by atoms with Crippen molar-refractivity contribution in [2.75, 3.05) is 14.2 Å². The van der Waals surface area contributed by atoms with Gasteiger partial charge in [-0.1, -0.05) is 35.9 Å². The Balaban J connectivity index is 1.66. The zero-order chi connectivity index (χ0) is 21.5. The minimum atomic E-state index is -0.533. The predicted octanol–water partition coefficient (Wildman–Crippen LogP) is 5.13. The van der Waals surface area contributed by atoms with Crippen LogP contribution in [0.2, 0.25) is 0 Å². The minimum absolute atomic E-state index is 0.131. The van der Waals surface area contributed by atoms with E-state index in [1.54, 1.807) is 48.5 Å². The zero-order valence-corrected chi connectivity index (χ0v) is 17.0. The van der Waals surface area contributed by atoms with Crippen molar-refractivity contribution in [3.8, 4) is 17.2 Å². The predicted molar refractivity (Wildman–Crippen MR) is 115 cm³/mol. The van der Waals surface area contributed by atoms with Crippen LogP contribution in [0.1, 0.15) is 31.8 Å². The highest BCUT2D eigenvalue weighted by Gasteiger charge is 2.13. The summed E-state index contributed by atoms with van der Waals surface area (Å²) in [5.74, 6) is 0.639. The second-order valence-corrected chi connectivity index (χ2v) is 6.59. The first kappa shape index (κ1) is 20.9. The summed E-state index contributed by atoms with van der Waals surface area (Å²) in [5.41, 5.74) is 2.95. The molecule has 3 aromatic carbocycles. The molecule has 0 aliphatic rings. The lowest BCUT2D eigenvalue weighted by Crippen LogP contribution is -2.09. The van der Waals surface area contributed by atoms with Crippen LogP contribution in [0.25, 0.3) is 6.08 Å². The summed E-state index contributed by atoms with van der Waals surface area (Å²) < 4.78 is 15.8. The quantitative estimate of drug-likeness (QED) is 0.237. The number of aryl methyl sites for hydroxylation is 1. The Hall–Kier alpha value is -3.86. The van der Waals surface area contributed by atoms with Gasteiger partial charge in [0.15, 0.2) is 17.3 Å². The fourth-order valence-corrected chi connectivity index (χ4v) is 2.76. The fraction of sp³-hybridized carbons (Fsp3) is 0.120. The number of hydrogen-bond donors (Lipinski definition) is 0. The highest BCUT2D eigenvalue weighted by atomic mass is 16.5. The van der Waals surface area contributed by atoms with Crippen LogP contribution in [-0.2, 0) is 0 Å². The van der Waals surface area contributed by atoms with Gasteiger partial charge >= 0.3 is 5.97 Å². The van der Waals surface area contributed by atoms with Gasteiger partial charge in [0, 0.05) is 5.56 Å². The van der Waals surface area contributed by atoms with Gasteiger partial charge in [-0.2, -0.15) is 0 Å². The van der Waals surface area contributed by atoms with Crippen LogP contribution in [0, 0.1) is 6.92 Å². The Morgan fingerprint density at radius 2 is 1.40 bits per heavy atom. The van der Waals surface area contributed by atoms with Gasteiger partial charge in [-0.3, -0.25) is 4.79 Å². The van der Waals surface area contributed by atoms with Crippen molar-refractivity contribution < 1.29 is 23.8 Å². The van der Waals surface area contributed by atoms with Crippen LogP contribution in [0.5, 0.6) is 17.2 Å². The van der Waals surface area contributed by atoms with E-state index in [9.17, 15) is 9.59 Å². The number of hydrogen-bond acceptors (Lipinski definition) is 5. The van der Waals surface area contributed by atoms with Gasteiger partial charge < -0.3 is 14.2 Å². The van der Waals surface area contributed by atoms with Crippen molar-refractivity contribution in [1.29, 1.82) is 0 Å². The fourth-order valence-electron chi connectivity index (χ4n) is 2.76. The third kappa shape index (κ3) is 5.14. The number of methoxy groups -OCH3 is 2. The van der Waals surface area contributed by atoms with Gasteiger partial charge in [-0.05, 0) is 61.0 Å². The summed E-state index contributed by atoms with van der Waals surface area (Å²) >= 11 is 0. The average Bonchev–Trinajstić information content (AvgIpc) is 2.78. The summed E-state index contributed by atoms with van der Waals surface area (Å²) in [6, 6.07) is 19.1. The first-order valence-corrected chi connectivity index (χ1v) is 9.33. The molecule has 0 aromatic heterocycles. The van der Waals surface area contributed by atoms with E-state index in [0.29, 0.717) is 28.4 Å². The standard InChI is InChI=1S/C25H22O5/c1-17-4-6-18(7-5-17)8-14-22(26)19-9-12-21(13-10-19)30-25(27)20-11-15-23(28-2)24(16-20)29-3/h4-16H,1-3H3. The van der Waals surface area contributed by atoms with Crippen LogP contribution in [0.4, 0.5) is 0 Å². The van der Waals surface area contributed by atoms with Gasteiger partial charge in [-0.25, -0.2) is 4.79 Å². The normalized spacial score (nSPS) is 10.6. The molecule has 0 atom stereocenters. The van der Waals surface area contributed by atoms with E-state index < -0.39 is 5.97 Å². The molecular weight excluding hydrogens is 380 g/mol. The van der Waals surface area contributed by atoms with Crippen LogP contribution in [-0.4, -0.2) is 26.0 Å². The summed E-state index contributed by atoms with van der Waals surface area (Å²) in [6.07, 6.45) is 3.29. The highest BCUT2D eigenvalue weighted by Crippen LogP contribution is 2.28. The number of benzene rings is 3. The molecule has 0 unspecified atom stereocenters. The van der Waals surface area contributed by atoms with Crippen LogP contribution in [0.15, 0.2) is 72.8 Å². The van der Waals surface area contributed by atoms with E-state index in [2.05, 4.69) is 0 Å². The molecule has 0 aliphatic carbocycles. The first-order valence-electron chi connectivity index (χ1n) is 9.33. The molecular formula is C25H22O5. The first-order chi connectivity index (χ1) is 14.5. The summed E-state index contributed by atoms with van der Waals surface area (Å²) in [4.78, 5) is 24.7. The van der Waals surface area contributed by atoms with Crippen molar-refractivity contribution in [1.82, 2.24) is 0 Å². The molecule has 0 spiro atoms. The van der Waals surface area contributed by atoms with Gasteiger partial charge in [0.25, 0.3) is 0 Å². The number of rotatable bonds is 7. The summed E-state index contributed by atoms with van der Waals surface area (Å²) in [5, 5.41) is 0. The molecule has 0 saturated carbocycles. The van der Waals surface area contributed by atoms with Gasteiger partial charge in [-0.15, -0.1) is 0 Å². The molecule has 0 saturated heterocycles. The third-order valence-corrected chi connectivity index (χ3v) is 4.47. The number of esters is 1. The third-order valence-electron chi connectivity index (χ3n) is 4.47. The maximum Gasteiger partial charge on any atom is 0.343 e. The Labute approximate surface area is 175 Å². The number of carbonyl (C=O) groups excluding carboxylic acids is 2. The Morgan fingerprint density at radius 1 is 0.767 bits per heavy atom. The Bertz CT molecular complexity index is 1060. The van der Waals surface area contributed by atoms with E-state index in [0.717, 1.165) is 11.1 Å².